The van der Waals surface area contributed by atoms with Crippen molar-refractivity contribution in [1.29, 1.82) is 0 Å². The van der Waals surface area contributed by atoms with E-state index in [2.05, 4.69) is 17.1 Å². The molecule has 0 radical (unpaired) electrons. The van der Waals surface area contributed by atoms with Gasteiger partial charge in [0.05, 0.1) is 5.69 Å². The number of nitrogens with zero attached hydrogens (tertiary/aromatic N) is 1. The number of ether oxygens (including phenoxy) is 1. The Labute approximate surface area is 112 Å². The van der Waals surface area contributed by atoms with Crippen LogP contribution in [0.3, 0.4) is 0 Å². The zero-order valence-corrected chi connectivity index (χ0v) is 11.5. The molecule has 2 rings (SSSR count). The van der Waals surface area contributed by atoms with Gasteiger partial charge < -0.3 is 10.5 Å². The number of hydrogen-bond donors (Lipinski definition) is 1. The minimum Gasteiger partial charge on any atom is -0.367 e. The van der Waals surface area contributed by atoms with Crippen LogP contribution in [0, 0.1) is 6.92 Å². The predicted molar refractivity (Wildman–Crippen MR) is 74.7 cm³/mol. The third-order valence-corrected chi connectivity index (χ3v) is 3.98. The fourth-order valence-electron chi connectivity index (χ4n) is 1.86. The van der Waals surface area contributed by atoms with Gasteiger partial charge >= 0.3 is 0 Å². The van der Waals surface area contributed by atoms with Crippen molar-refractivity contribution >= 4 is 11.3 Å². The van der Waals surface area contributed by atoms with Crippen LogP contribution in [0.1, 0.15) is 34.2 Å². The van der Waals surface area contributed by atoms with E-state index in [-0.39, 0.29) is 6.10 Å². The first-order valence-electron chi connectivity index (χ1n) is 6.09. The molecular formula is C14H18N2OS. The summed E-state index contributed by atoms with van der Waals surface area (Å²) >= 11 is 1.64. The van der Waals surface area contributed by atoms with Gasteiger partial charge in [0.2, 0.25) is 0 Å². The fourth-order valence-corrected chi connectivity index (χ4v) is 2.88. The largest absolute Gasteiger partial charge is 0.367 e. The quantitative estimate of drug-likeness (QED) is 0.901. The minimum atomic E-state index is -0.0831. The molecule has 18 heavy (non-hydrogen) atoms. The second-order valence-corrected chi connectivity index (χ2v) is 5.13. The van der Waals surface area contributed by atoms with Crippen LogP contribution in [-0.4, -0.2) is 11.6 Å². The van der Waals surface area contributed by atoms with E-state index in [1.165, 1.54) is 0 Å². The molecule has 3 nitrogen and oxygen atoms in total. The number of thiazole rings is 1. The Balaban J connectivity index is 2.35. The average Bonchev–Trinajstić information content (AvgIpc) is 2.78. The summed E-state index contributed by atoms with van der Waals surface area (Å²) in [6, 6.07) is 10.2. The van der Waals surface area contributed by atoms with Crippen molar-refractivity contribution in [2.75, 3.05) is 6.61 Å². The molecule has 0 fully saturated rings. The number of benzene rings is 1. The first kappa shape index (κ1) is 13.2. The SMILES string of the molecule is CCOC(c1ccccc1)c1nc(C)c(CN)s1. The summed E-state index contributed by atoms with van der Waals surface area (Å²) in [6.45, 7) is 5.20. The van der Waals surface area contributed by atoms with Crippen LogP contribution in [0.25, 0.3) is 0 Å². The van der Waals surface area contributed by atoms with Gasteiger partial charge in [-0.3, -0.25) is 0 Å². The molecule has 2 aromatic rings. The molecule has 1 atom stereocenters. The summed E-state index contributed by atoms with van der Waals surface area (Å²) in [5.74, 6) is 0. The van der Waals surface area contributed by atoms with Gasteiger partial charge in [-0.1, -0.05) is 30.3 Å². The monoisotopic (exact) mass is 262 g/mol. The van der Waals surface area contributed by atoms with E-state index < -0.39 is 0 Å². The highest BCUT2D eigenvalue weighted by atomic mass is 32.1. The van der Waals surface area contributed by atoms with Crippen molar-refractivity contribution in [3.05, 3.63) is 51.5 Å². The van der Waals surface area contributed by atoms with Crippen LogP contribution >= 0.6 is 11.3 Å². The van der Waals surface area contributed by atoms with Gasteiger partial charge in [0.15, 0.2) is 0 Å². The molecule has 0 bridgehead atoms. The summed E-state index contributed by atoms with van der Waals surface area (Å²) in [6.07, 6.45) is -0.0831. The standard InChI is InChI=1S/C14H18N2OS/c1-3-17-13(11-7-5-4-6-8-11)14-16-10(2)12(9-15)18-14/h4-8,13H,3,9,15H2,1-2H3. The second kappa shape index (κ2) is 6.09. The Morgan fingerprint density at radius 3 is 2.61 bits per heavy atom. The molecule has 1 heterocycles. The zero-order valence-electron chi connectivity index (χ0n) is 10.7. The first-order valence-corrected chi connectivity index (χ1v) is 6.90. The molecule has 4 heteroatoms. The lowest BCUT2D eigenvalue weighted by molar-refractivity contribution is 0.0911. The van der Waals surface area contributed by atoms with Crippen molar-refractivity contribution in [1.82, 2.24) is 4.98 Å². The predicted octanol–water partition coefficient (Wildman–Crippen LogP) is 3.04. The Hall–Kier alpha value is -1.23. The summed E-state index contributed by atoms with van der Waals surface area (Å²) in [5, 5.41) is 0.987. The maximum atomic E-state index is 5.83. The van der Waals surface area contributed by atoms with Gasteiger partial charge in [-0.2, -0.15) is 0 Å². The normalized spacial score (nSPS) is 12.6. The van der Waals surface area contributed by atoms with Gasteiger partial charge in [-0.15, -0.1) is 11.3 Å². The van der Waals surface area contributed by atoms with Gasteiger partial charge in [-0.05, 0) is 19.4 Å². The van der Waals surface area contributed by atoms with Gasteiger partial charge in [0.25, 0.3) is 0 Å². The zero-order chi connectivity index (χ0) is 13.0. The Morgan fingerprint density at radius 2 is 2.06 bits per heavy atom. The van der Waals surface area contributed by atoms with Crippen LogP contribution in [0.5, 0.6) is 0 Å². The topological polar surface area (TPSA) is 48.1 Å². The molecule has 1 aromatic carbocycles. The molecule has 0 amide bonds. The molecule has 96 valence electrons. The average molecular weight is 262 g/mol. The van der Waals surface area contributed by atoms with Crippen molar-refractivity contribution in [3.8, 4) is 0 Å². The van der Waals surface area contributed by atoms with E-state index in [4.69, 9.17) is 10.5 Å². The number of aromatic nitrogens is 1. The number of rotatable bonds is 5. The molecule has 0 aliphatic rings. The Bertz CT molecular complexity index is 496. The molecule has 0 aliphatic heterocycles. The van der Waals surface area contributed by atoms with Gasteiger partial charge in [0.1, 0.15) is 11.1 Å². The van der Waals surface area contributed by atoms with Crippen molar-refractivity contribution in [2.24, 2.45) is 5.73 Å². The van der Waals surface area contributed by atoms with Crippen molar-refractivity contribution < 1.29 is 4.74 Å². The van der Waals surface area contributed by atoms with Crippen LogP contribution in [0.15, 0.2) is 30.3 Å². The lowest BCUT2D eigenvalue weighted by Gasteiger charge is -2.14. The van der Waals surface area contributed by atoms with Crippen LogP contribution in [-0.2, 0) is 11.3 Å². The summed E-state index contributed by atoms with van der Waals surface area (Å²) in [4.78, 5) is 5.72. The van der Waals surface area contributed by atoms with Crippen molar-refractivity contribution in [2.45, 2.75) is 26.5 Å². The lowest BCUT2D eigenvalue weighted by atomic mass is 10.1. The van der Waals surface area contributed by atoms with Crippen LogP contribution in [0.2, 0.25) is 0 Å². The second-order valence-electron chi connectivity index (χ2n) is 4.01. The molecule has 0 saturated carbocycles. The fraction of sp³-hybridized carbons (Fsp3) is 0.357. The smallest absolute Gasteiger partial charge is 0.134 e. The van der Waals surface area contributed by atoms with Gasteiger partial charge in [0, 0.05) is 18.0 Å². The minimum absolute atomic E-state index is 0.0831. The molecule has 1 unspecified atom stereocenters. The number of aryl methyl sites for hydroxylation is 1. The summed E-state index contributed by atoms with van der Waals surface area (Å²) < 4.78 is 5.83. The highest BCUT2D eigenvalue weighted by Crippen LogP contribution is 2.30. The maximum Gasteiger partial charge on any atom is 0.134 e. The lowest BCUT2D eigenvalue weighted by Crippen LogP contribution is -2.05. The third-order valence-electron chi connectivity index (χ3n) is 2.75. The molecule has 0 saturated heterocycles. The molecule has 2 N–H and O–H groups in total. The van der Waals surface area contributed by atoms with Crippen molar-refractivity contribution in [3.63, 3.8) is 0 Å². The third kappa shape index (κ3) is 2.77. The van der Waals surface area contributed by atoms with E-state index in [0.717, 1.165) is 21.1 Å². The first-order chi connectivity index (χ1) is 8.76. The maximum absolute atomic E-state index is 5.83. The Morgan fingerprint density at radius 1 is 1.33 bits per heavy atom. The van der Waals surface area contributed by atoms with Crippen LogP contribution in [0.4, 0.5) is 0 Å². The van der Waals surface area contributed by atoms with Gasteiger partial charge in [-0.25, -0.2) is 4.98 Å². The highest BCUT2D eigenvalue weighted by Gasteiger charge is 2.19. The number of nitrogens with two attached hydrogens (primary N) is 1. The van der Waals surface area contributed by atoms with E-state index in [1.54, 1.807) is 11.3 Å². The molecule has 0 spiro atoms. The summed E-state index contributed by atoms with van der Waals surface area (Å²) in [7, 11) is 0. The molecular weight excluding hydrogens is 244 g/mol. The van der Waals surface area contributed by atoms with E-state index in [1.807, 2.05) is 32.0 Å². The van der Waals surface area contributed by atoms with E-state index in [0.29, 0.717) is 13.2 Å². The van der Waals surface area contributed by atoms with Crippen LogP contribution < -0.4 is 5.73 Å². The van der Waals surface area contributed by atoms with E-state index in [9.17, 15) is 0 Å². The summed E-state index contributed by atoms with van der Waals surface area (Å²) in [5.41, 5.74) is 7.85. The highest BCUT2D eigenvalue weighted by molar-refractivity contribution is 7.11. The molecule has 1 aromatic heterocycles. The van der Waals surface area contributed by atoms with E-state index >= 15 is 0 Å². The number of hydrogen-bond acceptors (Lipinski definition) is 4. The molecule has 0 aliphatic carbocycles. The Kier molecular flexibility index (Phi) is 4.47.